The van der Waals surface area contributed by atoms with Crippen LogP contribution < -0.4 is 9.46 Å². The number of hydrogen-bond donors (Lipinski definition) is 1. The van der Waals surface area contributed by atoms with Gasteiger partial charge < -0.3 is 14.4 Å². The third-order valence-electron chi connectivity index (χ3n) is 6.70. The number of nitro benzene ring substituents is 1. The van der Waals surface area contributed by atoms with Gasteiger partial charge in [0.05, 0.1) is 23.8 Å². The Hall–Kier alpha value is -3.81. The Bertz CT molecular complexity index is 1560. The van der Waals surface area contributed by atoms with Gasteiger partial charge in [0, 0.05) is 36.8 Å². The van der Waals surface area contributed by atoms with E-state index in [1.807, 2.05) is 32.0 Å². The summed E-state index contributed by atoms with van der Waals surface area (Å²) >= 11 is 0. The number of nitrogens with one attached hydrogen (secondary N) is 1. The number of non-ortho nitro benzene ring substituents is 1. The van der Waals surface area contributed by atoms with E-state index in [0.29, 0.717) is 50.4 Å². The zero-order chi connectivity index (χ0) is 27.9. The predicted octanol–water partition coefficient (Wildman–Crippen LogP) is 3.41. The van der Waals surface area contributed by atoms with Crippen molar-refractivity contribution in [1.29, 1.82) is 0 Å². The average Bonchev–Trinajstić information content (AvgIpc) is 3.66. The monoisotopic (exact) mass is 555 g/mol. The highest BCUT2D eigenvalue weighted by Crippen LogP contribution is 2.37. The Balaban J connectivity index is 1.65. The summed E-state index contributed by atoms with van der Waals surface area (Å²) in [7, 11) is -4.13. The van der Waals surface area contributed by atoms with Crippen LogP contribution in [-0.4, -0.2) is 66.3 Å². The summed E-state index contributed by atoms with van der Waals surface area (Å²) in [4.78, 5) is 25.5. The van der Waals surface area contributed by atoms with Gasteiger partial charge in [0.2, 0.25) is 15.9 Å². The SMILES string of the molecule is Cc1ccc(C)c(-n2nc(C(=O)N3CCOCC3)c(C)c2Oc2ccc([N+](=O)[O-])cc2S(=O)(=O)NC2CC2)c1. The normalized spacial score (nSPS) is 15.8. The number of benzene rings is 2. The molecule has 2 heterocycles. The Morgan fingerprint density at radius 3 is 2.51 bits per heavy atom. The van der Waals surface area contributed by atoms with Crippen LogP contribution in [0.5, 0.6) is 11.6 Å². The molecule has 1 saturated heterocycles. The number of carbonyl (C=O) groups is 1. The fraction of sp³-hybridized carbons (Fsp3) is 0.385. The Kier molecular flexibility index (Phi) is 7.14. The van der Waals surface area contributed by atoms with Crippen molar-refractivity contribution < 1.29 is 27.6 Å². The smallest absolute Gasteiger partial charge is 0.274 e. The van der Waals surface area contributed by atoms with Crippen LogP contribution in [0.25, 0.3) is 5.69 Å². The average molecular weight is 556 g/mol. The van der Waals surface area contributed by atoms with Crippen LogP contribution in [0.2, 0.25) is 0 Å². The van der Waals surface area contributed by atoms with Crippen molar-refractivity contribution in [2.75, 3.05) is 26.3 Å². The van der Waals surface area contributed by atoms with Crippen LogP contribution in [0, 0.1) is 30.9 Å². The molecular formula is C26H29N5O7S. The van der Waals surface area contributed by atoms with E-state index in [1.165, 1.54) is 16.8 Å². The van der Waals surface area contributed by atoms with Crippen LogP contribution in [-0.2, 0) is 14.8 Å². The molecule has 0 unspecified atom stereocenters. The van der Waals surface area contributed by atoms with Gasteiger partial charge in [-0.05, 0) is 56.9 Å². The van der Waals surface area contributed by atoms with E-state index in [4.69, 9.17) is 9.47 Å². The number of aromatic nitrogens is 2. The molecule has 2 aromatic carbocycles. The molecule has 0 atom stereocenters. The lowest BCUT2D eigenvalue weighted by atomic mass is 10.1. The minimum Gasteiger partial charge on any atom is -0.437 e. The van der Waals surface area contributed by atoms with Crippen LogP contribution >= 0.6 is 0 Å². The molecule has 1 aliphatic heterocycles. The van der Waals surface area contributed by atoms with Crippen molar-refractivity contribution in [2.45, 2.75) is 44.6 Å². The molecule has 0 bridgehead atoms. The second-order valence-electron chi connectivity index (χ2n) is 9.77. The van der Waals surface area contributed by atoms with Gasteiger partial charge in [0.25, 0.3) is 11.6 Å². The highest BCUT2D eigenvalue weighted by molar-refractivity contribution is 7.89. The minimum absolute atomic E-state index is 0.117. The van der Waals surface area contributed by atoms with E-state index >= 15 is 0 Å². The number of hydrogen-bond acceptors (Lipinski definition) is 8. The molecule has 5 rings (SSSR count). The van der Waals surface area contributed by atoms with Gasteiger partial charge in [-0.15, -0.1) is 0 Å². The maximum Gasteiger partial charge on any atom is 0.274 e. The summed E-state index contributed by atoms with van der Waals surface area (Å²) in [5.74, 6) is -0.276. The Labute approximate surface area is 225 Å². The van der Waals surface area contributed by atoms with Crippen molar-refractivity contribution in [3.63, 3.8) is 0 Å². The number of ether oxygens (including phenoxy) is 2. The first-order valence-corrected chi connectivity index (χ1v) is 14.1. The third-order valence-corrected chi connectivity index (χ3v) is 8.24. The zero-order valence-electron chi connectivity index (χ0n) is 21.8. The van der Waals surface area contributed by atoms with Gasteiger partial charge in [-0.25, -0.2) is 13.1 Å². The standard InChI is InChI=1S/C26H29N5O7S/c1-16-4-5-17(2)21(14-16)30-26(18(3)24(27-30)25(32)29-10-12-37-13-11-29)38-22-9-8-20(31(33)34)15-23(22)39(35,36)28-19-6-7-19/h4-5,8-9,14-15,19,28H,6-7,10-13H2,1-3H3. The van der Waals surface area contributed by atoms with Crippen LogP contribution in [0.3, 0.4) is 0 Å². The Morgan fingerprint density at radius 2 is 1.85 bits per heavy atom. The summed E-state index contributed by atoms with van der Waals surface area (Å²) in [6, 6.07) is 8.94. The number of nitrogens with zero attached hydrogens (tertiary/aromatic N) is 4. The maximum atomic E-state index is 13.5. The first-order chi connectivity index (χ1) is 18.5. The first-order valence-electron chi connectivity index (χ1n) is 12.6. The van der Waals surface area contributed by atoms with Crippen molar-refractivity contribution in [3.05, 3.63) is 68.9 Å². The molecule has 1 amide bonds. The van der Waals surface area contributed by atoms with Crippen LogP contribution in [0.4, 0.5) is 5.69 Å². The van der Waals surface area contributed by atoms with Crippen LogP contribution in [0.15, 0.2) is 41.3 Å². The van der Waals surface area contributed by atoms with E-state index in [0.717, 1.165) is 17.2 Å². The summed E-state index contributed by atoms with van der Waals surface area (Å²) in [5, 5.41) is 16.1. The molecule has 12 nitrogen and oxygen atoms in total. The topological polar surface area (TPSA) is 146 Å². The van der Waals surface area contributed by atoms with Gasteiger partial charge >= 0.3 is 0 Å². The summed E-state index contributed by atoms with van der Waals surface area (Å²) in [6.45, 7) is 7.17. The van der Waals surface area contributed by atoms with E-state index < -0.39 is 14.9 Å². The fourth-order valence-corrected chi connectivity index (χ4v) is 5.78. The minimum atomic E-state index is -4.13. The molecule has 39 heavy (non-hydrogen) atoms. The van der Waals surface area contributed by atoms with Gasteiger partial charge in [-0.1, -0.05) is 12.1 Å². The molecule has 0 radical (unpaired) electrons. The molecule has 13 heteroatoms. The first kappa shape index (κ1) is 26.8. The summed E-state index contributed by atoms with van der Waals surface area (Å²) in [6.07, 6.45) is 1.38. The summed E-state index contributed by atoms with van der Waals surface area (Å²) < 4.78 is 42.1. The van der Waals surface area contributed by atoms with Crippen molar-refractivity contribution in [3.8, 4) is 17.3 Å². The fourth-order valence-electron chi connectivity index (χ4n) is 4.32. The molecule has 1 aromatic heterocycles. The van der Waals surface area contributed by atoms with E-state index in [2.05, 4.69) is 9.82 Å². The number of aryl methyl sites for hydroxylation is 2. The van der Waals surface area contributed by atoms with E-state index in [1.54, 1.807) is 11.8 Å². The number of amides is 1. The van der Waals surface area contributed by atoms with Gasteiger partial charge in [-0.2, -0.15) is 9.78 Å². The van der Waals surface area contributed by atoms with Gasteiger partial charge in [0.1, 0.15) is 10.6 Å². The second-order valence-corrected chi connectivity index (χ2v) is 11.5. The quantitative estimate of drug-likeness (QED) is 0.329. The molecular weight excluding hydrogens is 526 g/mol. The van der Waals surface area contributed by atoms with Crippen molar-refractivity contribution in [2.24, 2.45) is 0 Å². The lowest BCUT2D eigenvalue weighted by Gasteiger charge is -2.26. The van der Waals surface area contributed by atoms with Crippen molar-refractivity contribution in [1.82, 2.24) is 19.4 Å². The molecule has 2 fully saturated rings. The van der Waals surface area contributed by atoms with Crippen molar-refractivity contribution >= 4 is 21.6 Å². The predicted molar refractivity (Wildman–Crippen MR) is 141 cm³/mol. The highest BCUT2D eigenvalue weighted by atomic mass is 32.2. The highest BCUT2D eigenvalue weighted by Gasteiger charge is 2.33. The lowest BCUT2D eigenvalue weighted by molar-refractivity contribution is -0.385. The molecule has 1 saturated carbocycles. The van der Waals surface area contributed by atoms with Gasteiger partial charge in [0.15, 0.2) is 5.69 Å². The maximum absolute atomic E-state index is 13.5. The molecule has 1 N–H and O–H groups in total. The number of sulfonamides is 1. The van der Waals surface area contributed by atoms with E-state index in [9.17, 15) is 23.3 Å². The molecule has 1 aliphatic carbocycles. The number of morpholine rings is 1. The third kappa shape index (κ3) is 5.51. The number of carbonyl (C=O) groups excluding carboxylic acids is 1. The Morgan fingerprint density at radius 1 is 1.13 bits per heavy atom. The number of rotatable bonds is 8. The van der Waals surface area contributed by atoms with E-state index in [-0.39, 0.29) is 39.9 Å². The molecule has 3 aromatic rings. The summed E-state index contributed by atoms with van der Waals surface area (Å²) in [5.41, 5.74) is 2.63. The largest absolute Gasteiger partial charge is 0.437 e. The zero-order valence-corrected chi connectivity index (χ0v) is 22.7. The van der Waals surface area contributed by atoms with Crippen LogP contribution in [0.1, 0.15) is 40.0 Å². The number of nitro groups is 1. The molecule has 0 spiro atoms. The lowest BCUT2D eigenvalue weighted by Crippen LogP contribution is -2.41. The molecule has 2 aliphatic rings. The van der Waals surface area contributed by atoms with Gasteiger partial charge in [-0.3, -0.25) is 14.9 Å². The molecule has 206 valence electrons. The second kappa shape index (κ2) is 10.4.